The topological polar surface area (TPSA) is 32.3 Å². The lowest BCUT2D eigenvalue weighted by molar-refractivity contribution is -0.129. The molecule has 1 saturated heterocycles. The molecule has 0 saturated carbocycles. The van der Waals surface area contributed by atoms with Gasteiger partial charge in [0.05, 0.1) is 0 Å². The zero-order chi connectivity index (χ0) is 13.8. The first-order valence-corrected chi connectivity index (χ1v) is 7.21. The number of nitrogens with zero attached hydrogens (tertiary/aromatic N) is 1. The number of piperidine rings is 1. The number of hydrogen-bond acceptors (Lipinski definition) is 2. The van der Waals surface area contributed by atoms with E-state index >= 15 is 0 Å². The molecule has 2 rings (SSSR count). The molecule has 1 aromatic carbocycles. The highest BCUT2D eigenvalue weighted by molar-refractivity contribution is 6.30. The summed E-state index contributed by atoms with van der Waals surface area (Å²) in [5, 5.41) is 4.40. The summed E-state index contributed by atoms with van der Waals surface area (Å²) in [5.41, 5.74) is 1.21. The molecule has 4 heteroatoms. The van der Waals surface area contributed by atoms with Crippen LogP contribution in [0.3, 0.4) is 0 Å². The Bertz CT molecular complexity index is 442. The molecule has 0 spiro atoms. The van der Waals surface area contributed by atoms with Gasteiger partial charge < -0.3 is 10.2 Å². The van der Waals surface area contributed by atoms with Gasteiger partial charge in [0.15, 0.2) is 0 Å². The number of benzene rings is 1. The highest BCUT2D eigenvalue weighted by Gasteiger charge is 2.21. The maximum atomic E-state index is 11.3. The smallest absolute Gasteiger partial charge is 0.219 e. The average Bonchev–Trinajstić information content (AvgIpc) is 2.39. The summed E-state index contributed by atoms with van der Waals surface area (Å²) in [4.78, 5) is 13.2. The van der Waals surface area contributed by atoms with Crippen LogP contribution in [0.1, 0.15) is 38.3 Å². The third-order valence-corrected chi connectivity index (χ3v) is 4.01. The molecule has 1 fully saturated rings. The summed E-state index contributed by atoms with van der Waals surface area (Å²) in [6.45, 7) is 5.51. The zero-order valence-corrected chi connectivity index (χ0v) is 12.3. The van der Waals surface area contributed by atoms with E-state index in [1.165, 1.54) is 5.56 Å². The van der Waals surface area contributed by atoms with Crippen LogP contribution in [0.15, 0.2) is 24.3 Å². The van der Waals surface area contributed by atoms with Crippen LogP contribution in [0.4, 0.5) is 0 Å². The predicted octanol–water partition coefficient (Wildman–Crippen LogP) is 3.00. The molecule has 0 radical (unpaired) electrons. The van der Waals surface area contributed by atoms with Gasteiger partial charge in [0.2, 0.25) is 5.91 Å². The van der Waals surface area contributed by atoms with Gasteiger partial charge in [-0.15, -0.1) is 0 Å². The van der Waals surface area contributed by atoms with Crippen molar-refractivity contribution in [2.45, 2.75) is 38.8 Å². The molecule has 1 heterocycles. The van der Waals surface area contributed by atoms with Crippen LogP contribution in [0.5, 0.6) is 0 Å². The van der Waals surface area contributed by atoms with Gasteiger partial charge in [-0.25, -0.2) is 0 Å². The van der Waals surface area contributed by atoms with Crippen molar-refractivity contribution in [1.29, 1.82) is 0 Å². The quantitative estimate of drug-likeness (QED) is 0.923. The SMILES string of the molecule is CC(=O)N1CCC(N[C@H](C)c2cccc(Cl)c2)CC1. The number of halogens is 1. The third kappa shape index (κ3) is 3.95. The number of carbonyl (C=O) groups is 1. The summed E-state index contributed by atoms with van der Waals surface area (Å²) < 4.78 is 0. The second kappa shape index (κ2) is 6.40. The van der Waals surface area contributed by atoms with Crippen LogP contribution in [-0.2, 0) is 4.79 Å². The molecule has 3 nitrogen and oxygen atoms in total. The van der Waals surface area contributed by atoms with Crippen LogP contribution in [0.25, 0.3) is 0 Å². The van der Waals surface area contributed by atoms with Crippen LogP contribution in [0, 0.1) is 0 Å². The number of hydrogen-bond donors (Lipinski definition) is 1. The summed E-state index contributed by atoms with van der Waals surface area (Å²) in [6, 6.07) is 8.73. The minimum Gasteiger partial charge on any atom is -0.343 e. The first-order valence-electron chi connectivity index (χ1n) is 6.83. The molecule has 1 N–H and O–H groups in total. The number of likely N-dealkylation sites (tertiary alicyclic amines) is 1. The molecule has 104 valence electrons. The van der Waals surface area contributed by atoms with Crippen molar-refractivity contribution in [3.63, 3.8) is 0 Å². The van der Waals surface area contributed by atoms with Crippen molar-refractivity contribution in [1.82, 2.24) is 10.2 Å². The first kappa shape index (κ1) is 14.4. The molecule has 0 aliphatic carbocycles. The van der Waals surface area contributed by atoms with E-state index in [0.29, 0.717) is 6.04 Å². The fourth-order valence-electron chi connectivity index (χ4n) is 2.59. The summed E-state index contributed by atoms with van der Waals surface area (Å²) >= 11 is 6.01. The number of nitrogens with one attached hydrogen (secondary N) is 1. The molecular formula is C15H21ClN2O. The first-order chi connectivity index (χ1) is 9.06. The van der Waals surface area contributed by atoms with Crippen molar-refractivity contribution in [2.24, 2.45) is 0 Å². The predicted molar refractivity (Wildman–Crippen MR) is 78.3 cm³/mol. The number of rotatable bonds is 3. The Kier molecular flexibility index (Phi) is 4.83. The summed E-state index contributed by atoms with van der Waals surface area (Å²) in [7, 11) is 0. The van der Waals surface area contributed by atoms with Gasteiger partial charge in [0, 0.05) is 37.1 Å². The van der Waals surface area contributed by atoms with Crippen molar-refractivity contribution in [3.8, 4) is 0 Å². The summed E-state index contributed by atoms with van der Waals surface area (Å²) in [5.74, 6) is 0.182. The highest BCUT2D eigenvalue weighted by atomic mass is 35.5. The second-order valence-corrected chi connectivity index (χ2v) is 5.66. The minimum absolute atomic E-state index is 0.182. The lowest BCUT2D eigenvalue weighted by Gasteiger charge is -2.33. The standard InChI is InChI=1S/C15H21ClN2O/c1-11(13-4-3-5-14(16)10-13)17-15-6-8-18(9-7-15)12(2)19/h3-5,10-11,15,17H,6-9H2,1-2H3/t11-/m1/s1. The van der Waals surface area contributed by atoms with Crippen LogP contribution in [-0.4, -0.2) is 29.9 Å². The lowest BCUT2D eigenvalue weighted by Crippen LogP contribution is -2.44. The van der Waals surface area contributed by atoms with Gasteiger partial charge >= 0.3 is 0 Å². The fraction of sp³-hybridized carbons (Fsp3) is 0.533. The van der Waals surface area contributed by atoms with Gasteiger partial charge in [-0.2, -0.15) is 0 Å². The molecule has 1 aromatic rings. The number of amides is 1. The Morgan fingerprint density at radius 2 is 2.11 bits per heavy atom. The molecule has 0 aromatic heterocycles. The molecular weight excluding hydrogens is 260 g/mol. The molecule has 0 bridgehead atoms. The Hall–Kier alpha value is -1.06. The Morgan fingerprint density at radius 1 is 1.42 bits per heavy atom. The van der Waals surface area contributed by atoms with E-state index in [1.54, 1.807) is 6.92 Å². The van der Waals surface area contributed by atoms with Gasteiger partial charge in [-0.1, -0.05) is 23.7 Å². The third-order valence-electron chi connectivity index (χ3n) is 3.77. The summed E-state index contributed by atoms with van der Waals surface area (Å²) in [6.07, 6.45) is 2.04. The maximum Gasteiger partial charge on any atom is 0.219 e. The van der Waals surface area contributed by atoms with E-state index in [0.717, 1.165) is 31.0 Å². The molecule has 0 unspecified atom stereocenters. The maximum absolute atomic E-state index is 11.3. The van der Waals surface area contributed by atoms with Gasteiger partial charge in [-0.3, -0.25) is 4.79 Å². The van der Waals surface area contributed by atoms with Crippen molar-refractivity contribution >= 4 is 17.5 Å². The lowest BCUT2D eigenvalue weighted by atomic mass is 10.0. The largest absolute Gasteiger partial charge is 0.343 e. The highest BCUT2D eigenvalue weighted by Crippen LogP contribution is 2.20. The second-order valence-electron chi connectivity index (χ2n) is 5.22. The van der Waals surface area contributed by atoms with Crippen LogP contribution < -0.4 is 5.32 Å². The monoisotopic (exact) mass is 280 g/mol. The van der Waals surface area contributed by atoms with Gasteiger partial charge in [0.1, 0.15) is 0 Å². The minimum atomic E-state index is 0.182. The van der Waals surface area contributed by atoms with E-state index in [-0.39, 0.29) is 11.9 Å². The normalized spacial score (nSPS) is 18.4. The van der Waals surface area contributed by atoms with E-state index in [9.17, 15) is 4.79 Å². The Balaban J connectivity index is 1.87. The average molecular weight is 281 g/mol. The van der Waals surface area contributed by atoms with Gasteiger partial charge in [-0.05, 0) is 37.5 Å². The zero-order valence-electron chi connectivity index (χ0n) is 11.5. The molecule has 1 aliphatic rings. The Labute approximate surface area is 119 Å². The van der Waals surface area contributed by atoms with Crippen molar-refractivity contribution < 1.29 is 4.79 Å². The number of carbonyl (C=O) groups excluding carboxylic acids is 1. The fourth-order valence-corrected chi connectivity index (χ4v) is 2.79. The van der Waals surface area contributed by atoms with E-state index in [1.807, 2.05) is 23.1 Å². The Morgan fingerprint density at radius 3 is 2.68 bits per heavy atom. The molecule has 1 amide bonds. The van der Waals surface area contributed by atoms with Crippen LogP contribution >= 0.6 is 11.6 Å². The van der Waals surface area contributed by atoms with Crippen molar-refractivity contribution in [2.75, 3.05) is 13.1 Å². The molecule has 1 aliphatic heterocycles. The molecule has 19 heavy (non-hydrogen) atoms. The van der Waals surface area contributed by atoms with E-state index in [4.69, 9.17) is 11.6 Å². The van der Waals surface area contributed by atoms with Gasteiger partial charge in [0.25, 0.3) is 0 Å². The van der Waals surface area contributed by atoms with Crippen molar-refractivity contribution in [3.05, 3.63) is 34.9 Å². The van der Waals surface area contributed by atoms with Crippen LogP contribution in [0.2, 0.25) is 5.02 Å². The van der Waals surface area contributed by atoms with E-state index < -0.39 is 0 Å². The molecule has 1 atom stereocenters. The van der Waals surface area contributed by atoms with E-state index in [2.05, 4.69) is 18.3 Å².